The second kappa shape index (κ2) is 7.45. The molecule has 0 radical (unpaired) electrons. The summed E-state index contributed by atoms with van der Waals surface area (Å²) >= 11 is 3.40. The zero-order chi connectivity index (χ0) is 15.2. The average molecular weight is 355 g/mol. The third-order valence-corrected chi connectivity index (χ3v) is 4.17. The second-order valence-electron chi connectivity index (χ2n) is 5.32. The fourth-order valence-corrected chi connectivity index (χ4v) is 2.96. The smallest absolute Gasteiger partial charge is 0.317 e. The lowest BCUT2D eigenvalue weighted by Gasteiger charge is -2.17. The van der Waals surface area contributed by atoms with Gasteiger partial charge >= 0.3 is 12.0 Å². The number of amides is 2. The van der Waals surface area contributed by atoms with Crippen molar-refractivity contribution >= 4 is 27.9 Å². The Morgan fingerprint density at radius 2 is 2.24 bits per heavy atom. The van der Waals surface area contributed by atoms with E-state index in [1.54, 1.807) is 4.90 Å². The molecule has 1 heterocycles. The summed E-state index contributed by atoms with van der Waals surface area (Å²) in [5, 5.41) is 11.6. The maximum atomic E-state index is 12.1. The summed E-state index contributed by atoms with van der Waals surface area (Å²) in [6, 6.07) is 7.74. The second-order valence-corrected chi connectivity index (χ2v) is 6.24. The third kappa shape index (κ3) is 5.04. The zero-order valence-electron chi connectivity index (χ0n) is 11.7. The van der Waals surface area contributed by atoms with Crippen LogP contribution in [0.15, 0.2) is 28.7 Å². The van der Waals surface area contributed by atoms with Gasteiger partial charge in [0, 0.05) is 30.5 Å². The monoisotopic (exact) mass is 354 g/mol. The van der Waals surface area contributed by atoms with Crippen LogP contribution >= 0.6 is 15.9 Å². The van der Waals surface area contributed by atoms with Crippen LogP contribution in [0.25, 0.3) is 0 Å². The van der Waals surface area contributed by atoms with Crippen molar-refractivity contribution in [3.63, 3.8) is 0 Å². The van der Waals surface area contributed by atoms with E-state index in [0.717, 1.165) is 16.5 Å². The molecule has 1 aliphatic rings. The van der Waals surface area contributed by atoms with E-state index in [-0.39, 0.29) is 12.5 Å². The van der Waals surface area contributed by atoms with Gasteiger partial charge in [0.25, 0.3) is 0 Å². The fourth-order valence-electron chi connectivity index (χ4n) is 2.52. The molecule has 0 spiro atoms. The highest BCUT2D eigenvalue weighted by molar-refractivity contribution is 9.10. The highest BCUT2D eigenvalue weighted by Gasteiger charge is 2.26. The van der Waals surface area contributed by atoms with Crippen LogP contribution in [0, 0.1) is 5.92 Å². The van der Waals surface area contributed by atoms with Crippen molar-refractivity contribution in [1.29, 1.82) is 0 Å². The molecule has 1 aromatic rings. The predicted molar refractivity (Wildman–Crippen MR) is 82.9 cm³/mol. The zero-order valence-corrected chi connectivity index (χ0v) is 13.3. The Morgan fingerprint density at radius 3 is 2.95 bits per heavy atom. The Bertz CT molecular complexity index is 521. The largest absolute Gasteiger partial charge is 0.481 e. The van der Waals surface area contributed by atoms with Gasteiger partial charge in [-0.1, -0.05) is 28.1 Å². The molecule has 0 bridgehead atoms. The van der Waals surface area contributed by atoms with Crippen LogP contribution in [0.1, 0.15) is 24.8 Å². The lowest BCUT2D eigenvalue weighted by atomic mass is 10.0. The van der Waals surface area contributed by atoms with Gasteiger partial charge < -0.3 is 15.3 Å². The molecular weight excluding hydrogens is 336 g/mol. The van der Waals surface area contributed by atoms with Crippen molar-refractivity contribution < 1.29 is 14.7 Å². The number of carboxylic acids is 1. The summed E-state index contributed by atoms with van der Waals surface area (Å²) in [6.07, 6.45) is 1.71. The summed E-state index contributed by atoms with van der Waals surface area (Å²) < 4.78 is 0.990. The molecule has 2 N–H and O–H groups in total. The molecule has 5 nitrogen and oxygen atoms in total. The first kappa shape index (κ1) is 15.8. The van der Waals surface area contributed by atoms with Gasteiger partial charge in [0.2, 0.25) is 0 Å². The highest BCUT2D eigenvalue weighted by Crippen LogP contribution is 2.21. The molecule has 1 unspecified atom stereocenters. The Labute approximate surface area is 132 Å². The molecule has 0 aliphatic carbocycles. The fraction of sp³-hybridized carbons (Fsp3) is 0.467. The molecule has 0 aromatic heterocycles. The van der Waals surface area contributed by atoms with Crippen molar-refractivity contribution in [2.45, 2.75) is 25.8 Å². The molecule has 0 saturated carbocycles. The maximum absolute atomic E-state index is 12.1. The molecule has 6 heteroatoms. The molecule has 1 fully saturated rings. The van der Waals surface area contributed by atoms with Crippen LogP contribution in [0.5, 0.6) is 0 Å². The lowest BCUT2D eigenvalue weighted by Crippen LogP contribution is -2.38. The van der Waals surface area contributed by atoms with Crippen LogP contribution in [0.3, 0.4) is 0 Å². The number of rotatable bonds is 5. The molecule has 1 aromatic carbocycles. The van der Waals surface area contributed by atoms with Gasteiger partial charge in [-0.05, 0) is 36.5 Å². The van der Waals surface area contributed by atoms with E-state index in [4.69, 9.17) is 5.11 Å². The number of benzene rings is 1. The number of carbonyl (C=O) groups is 2. The minimum Gasteiger partial charge on any atom is -0.481 e. The number of halogens is 1. The Kier molecular flexibility index (Phi) is 5.61. The van der Waals surface area contributed by atoms with Crippen LogP contribution < -0.4 is 5.32 Å². The van der Waals surface area contributed by atoms with Crippen molar-refractivity contribution in [2.75, 3.05) is 13.1 Å². The first-order valence-corrected chi connectivity index (χ1v) is 7.83. The van der Waals surface area contributed by atoms with Crippen LogP contribution in [-0.2, 0) is 11.3 Å². The number of likely N-dealkylation sites (tertiary alicyclic amines) is 1. The predicted octanol–water partition coefficient (Wildman–Crippen LogP) is 2.85. The van der Waals surface area contributed by atoms with E-state index in [1.807, 2.05) is 24.3 Å². The van der Waals surface area contributed by atoms with Gasteiger partial charge in [-0.25, -0.2) is 4.79 Å². The Balaban J connectivity index is 1.75. The minimum absolute atomic E-state index is 0.0761. The SMILES string of the molecule is O=C(O)CCC1CCN(C(=O)NCc2cccc(Br)c2)C1. The number of carboxylic acid groups (broad SMARTS) is 1. The molecule has 21 heavy (non-hydrogen) atoms. The molecule has 1 aliphatic heterocycles. The average Bonchev–Trinajstić information content (AvgIpc) is 2.91. The molecule has 1 saturated heterocycles. The van der Waals surface area contributed by atoms with Gasteiger partial charge in [0.15, 0.2) is 0 Å². The minimum atomic E-state index is -0.771. The lowest BCUT2D eigenvalue weighted by molar-refractivity contribution is -0.137. The van der Waals surface area contributed by atoms with E-state index in [2.05, 4.69) is 21.2 Å². The first-order valence-electron chi connectivity index (χ1n) is 7.03. The van der Waals surface area contributed by atoms with Gasteiger partial charge in [-0.15, -0.1) is 0 Å². The van der Waals surface area contributed by atoms with Crippen LogP contribution in [0.4, 0.5) is 4.79 Å². The normalized spacial score (nSPS) is 17.8. The topological polar surface area (TPSA) is 69.6 Å². The van der Waals surface area contributed by atoms with E-state index in [1.165, 1.54) is 0 Å². The summed E-state index contributed by atoms with van der Waals surface area (Å²) in [6.45, 7) is 1.85. The number of nitrogens with one attached hydrogen (secondary N) is 1. The van der Waals surface area contributed by atoms with Crippen molar-refractivity contribution in [2.24, 2.45) is 5.92 Å². The van der Waals surface area contributed by atoms with Gasteiger partial charge in [0.05, 0.1) is 0 Å². The summed E-state index contributed by atoms with van der Waals surface area (Å²) in [7, 11) is 0. The van der Waals surface area contributed by atoms with Crippen molar-refractivity contribution in [3.8, 4) is 0 Å². The number of nitrogens with zero attached hydrogens (tertiary/aromatic N) is 1. The van der Waals surface area contributed by atoms with E-state index in [0.29, 0.717) is 32.0 Å². The number of urea groups is 1. The van der Waals surface area contributed by atoms with Crippen molar-refractivity contribution in [1.82, 2.24) is 10.2 Å². The van der Waals surface area contributed by atoms with Crippen LogP contribution in [0.2, 0.25) is 0 Å². The van der Waals surface area contributed by atoms with E-state index < -0.39 is 5.97 Å². The quantitative estimate of drug-likeness (QED) is 0.853. The maximum Gasteiger partial charge on any atom is 0.317 e. The highest BCUT2D eigenvalue weighted by atomic mass is 79.9. The summed E-state index contributed by atoms with van der Waals surface area (Å²) in [5.41, 5.74) is 1.04. The number of carbonyl (C=O) groups excluding carboxylic acids is 1. The van der Waals surface area contributed by atoms with Gasteiger partial charge in [-0.3, -0.25) is 4.79 Å². The standard InChI is InChI=1S/C15H19BrN2O3/c16-13-3-1-2-12(8-13)9-17-15(21)18-7-6-11(10-18)4-5-14(19)20/h1-3,8,11H,4-7,9-10H2,(H,17,21)(H,19,20). The van der Waals surface area contributed by atoms with Crippen LogP contribution in [-0.4, -0.2) is 35.1 Å². The first-order chi connectivity index (χ1) is 10.0. The summed E-state index contributed by atoms with van der Waals surface area (Å²) in [4.78, 5) is 24.4. The third-order valence-electron chi connectivity index (χ3n) is 3.67. The van der Waals surface area contributed by atoms with Gasteiger partial charge in [0.1, 0.15) is 0 Å². The molecule has 2 rings (SSSR count). The van der Waals surface area contributed by atoms with Gasteiger partial charge in [-0.2, -0.15) is 0 Å². The molecular formula is C15H19BrN2O3. The number of hydrogen-bond donors (Lipinski definition) is 2. The van der Waals surface area contributed by atoms with E-state index in [9.17, 15) is 9.59 Å². The van der Waals surface area contributed by atoms with E-state index >= 15 is 0 Å². The Morgan fingerprint density at radius 1 is 1.43 bits per heavy atom. The summed E-state index contributed by atoms with van der Waals surface area (Å²) in [5.74, 6) is -0.467. The molecule has 2 amide bonds. The number of hydrogen-bond acceptors (Lipinski definition) is 2. The Hall–Kier alpha value is -1.56. The van der Waals surface area contributed by atoms with Crippen molar-refractivity contribution in [3.05, 3.63) is 34.3 Å². The molecule has 1 atom stereocenters. The molecule has 114 valence electrons. The number of aliphatic carboxylic acids is 1.